The minimum absolute atomic E-state index is 0.0147. The summed E-state index contributed by atoms with van der Waals surface area (Å²) in [5.41, 5.74) is 2.07. The summed E-state index contributed by atoms with van der Waals surface area (Å²) in [6.07, 6.45) is 2.12. The molecule has 1 heterocycles. The Bertz CT molecular complexity index is 718. The Hall–Kier alpha value is -2.40. The van der Waals surface area contributed by atoms with Gasteiger partial charge in [-0.25, -0.2) is 4.39 Å². The van der Waals surface area contributed by atoms with Crippen LogP contribution >= 0.6 is 0 Å². The first-order chi connectivity index (χ1) is 12.2. The minimum Gasteiger partial charge on any atom is -0.497 e. The zero-order valence-electron chi connectivity index (χ0n) is 14.4. The van der Waals surface area contributed by atoms with Crippen LogP contribution in [0, 0.1) is 5.82 Å². The van der Waals surface area contributed by atoms with Crippen molar-refractivity contribution in [3.63, 3.8) is 0 Å². The fourth-order valence-corrected chi connectivity index (χ4v) is 3.28. The molecule has 3 rings (SSSR count). The Morgan fingerprint density at radius 1 is 1.28 bits per heavy atom. The van der Waals surface area contributed by atoms with E-state index in [9.17, 15) is 9.18 Å². The first-order valence-corrected chi connectivity index (χ1v) is 8.55. The van der Waals surface area contributed by atoms with Crippen molar-refractivity contribution in [2.45, 2.75) is 25.4 Å². The number of amides is 1. The van der Waals surface area contributed by atoms with Gasteiger partial charge in [0.1, 0.15) is 11.6 Å². The van der Waals surface area contributed by atoms with Gasteiger partial charge >= 0.3 is 0 Å². The van der Waals surface area contributed by atoms with E-state index < -0.39 is 0 Å². The van der Waals surface area contributed by atoms with E-state index >= 15 is 0 Å². The van der Waals surface area contributed by atoms with E-state index in [1.165, 1.54) is 17.7 Å². The van der Waals surface area contributed by atoms with E-state index in [4.69, 9.17) is 4.74 Å². The molecule has 2 aromatic rings. The summed E-state index contributed by atoms with van der Waals surface area (Å²) in [7, 11) is 1.66. The molecular formula is C20H23FN2O2. The predicted octanol–water partition coefficient (Wildman–Crippen LogP) is 3.29. The second kappa shape index (κ2) is 8.12. The molecule has 0 unspecified atom stereocenters. The van der Waals surface area contributed by atoms with Crippen LogP contribution in [0.15, 0.2) is 48.5 Å². The molecule has 1 aliphatic rings. The van der Waals surface area contributed by atoms with E-state index in [0.29, 0.717) is 13.1 Å². The Kier molecular flexibility index (Phi) is 5.66. The van der Waals surface area contributed by atoms with Crippen molar-refractivity contribution >= 4 is 5.91 Å². The highest BCUT2D eigenvalue weighted by Gasteiger charge is 2.27. The van der Waals surface area contributed by atoms with Crippen LogP contribution in [0.3, 0.4) is 0 Å². The van der Waals surface area contributed by atoms with Gasteiger partial charge in [0.15, 0.2) is 0 Å². The first-order valence-electron chi connectivity index (χ1n) is 8.55. The molecule has 1 saturated heterocycles. The van der Waals surface area contributed by atoms with E-state index in [1.54, 1.807) is 19.2 Å². The molecule has 0 bridgehead atoms. The molecular weight excluding hydrogens is 319 g/mol. The van der Waals surface area contributed by atoms with Gasteiger partial charge in [-0.05, 0) is 54.8 Å². The van der Waals surface area contributed by atoms with Gasteiger partial charge in [0.2, 0.25) is 5.91 Å². The van der Waals surface area contributed by atoms with E-state index in [0.717, 1.165) is 30.7 Å². The van der Waals surface area contributed by atoms with Crippen molar-refractivity contribution < 1.29 is 13.9 Å². The zero-order chi connectivity index (χ0) is 17.6. The van der Waals surface area contributed by atoms with Gasteiger partial charge in [0.25, 0.3) is 0 Å². The van der Waals surface area contributed by atoms with Crippen molar-refractivity contribution in [2.24, 2.45) is 0 Å². The van der Waals surface area contributed by atoms with Crippen LogP contribution in [0.2, 0.25) is 0 Å². The smallest absolute Gasteiger partial charge is 0.234 e. The van der Waals surface area contributed by atoms with E-state index in [-0.39, 0.29) is 17.8 Å². The van der Waals surface area contributed by atoms with Crippen LogP contribution in [0.4, 0.5) is 4.39 Å². The number of carbonyl (C=O) groups excluding carboxylic acids is 1. The summed E-state index contributed by atoms with van der Waals surface area (Å²) in [5, 5.41) is 2.91. The molecule has 1 amide bonds. The van der Waals surface area contributed by atoms with Crippen LogP contribution < -0.4 is 10.1 Å². The van der Waals surface area contributed by atoms with Gasteiger partial charge in [-0.3, -0.25) is 9.69 Å². The summed E-state index contributed by atoms with van der Waals surface area (Å²) >= 11 is 0. The summed E-state index contributed by atoms with van der Waals surface area (Å²) in [6.45, 7) is 1.69. The van der Waals surface area contributed by atoms with Gasteiger partial charge in [0, 0.05) is 12.6 Å². The molecule has 0 spiro atoms. The van der Waals surface area contributed by atoms with Crippen LogP contribution in [-0.2, 0) is 11.3 Å². The number of halogens is 1. The SMILES string of the molecule is COc1cccc([C@@H]2CCCN2CC(=O)NCc2ccc(F)cc2)c1. The van der Waals surface area contributed by atoms with Crippen molar-refractivity contribution in [2.75, 3.05) is 20.2 Å². The zero-order valence-corrected chi connectivity index (χ0v) is 14.4. The summed E-state index contributed by atoms with van der Waals surface area (Å²) in [6, 6.07) is 14.5. The maximum absolute atomic E-state index is 12.9. The lowest BCUT2D eigenvalue weighted by Crippen LogP contribution is -2.36. The third-order valence-electron chi connectivity index (χ3n) is 4.59. The molecule has 1 N–H and O–H groups in total. The van der Waals surface area contributed by atoms with Gasteiger partial charge in [0.05, 0.1) is 13.7 Å². The quantitative estimate of drug-likeness (QED) is 0.876. The number of ether oxygens (including phenoxy) is 1. The Morgan fingerprint density at radius 2 is 2.08 bits per heavy atom. The van der Waals surface area contributed by atoms with Gasteiger partial charge in [-0.2, -0.15) is 0 Å². The lowest BCUT2D eigenvalue weighted by atomic mass is 10.0. The third kappa shape index (κ3) is 4.57. The number of hydrogen-bond donors (Lipinski definition) is 1. The third-order valence-corrected chi connectivity index (χ3v) is 4.59. The lowest BCUT2D eigenvalue weighted by molar-refractivity contribution is -0.122. The molecule has 5 heteroatoms. The van der Waals surface area contributed by atoms with Crippen molar-refractivity contribution in [3.05, 3.63) is 65.5 Å². The van der Waals surface area contributed by atoms with Crippen LogP contribution in [-0.4, -0.2) is 31.0 Å². The van der Waals surface area contributed by atoms with E-state index in [1.807, 2.05) is 18.2 Å². The molecule has 0 radical (unpaired) electrons. The molecule has 4 nitrogen and oxygen atoms in total. The molecule has 0 aliphatic carbocycles. The monoisotopic (exact) mass is 342 g/mol. The van der Waals surface area contributed by atoms with E-state index in [2.05, 4.69) is 16.3 Å². The normalized spacial score (nSPS) is 17.4. The molecule has 1 aliphatic heterocycles. The van der Waals surface area contributed by atoms with Crippen LogP contribution in [0.1, 0.15) is 30.0 Å². The van der Waals surface area contributed by atoms with Gasteiger partial charge in [-0.1, -0.05) is 24.3 Å². The number of rotatable bonds is 6. The number of methoxy groups -OCH3 is 1. The highest BCUT2D eigenvalue weighted by molar-refractivity contribution is 5.78. The molecule has 25 heavy (non-hydrogen) atoms. The lowest BCUT2D eigenvalue weighted by Gasteiger charge is -2.24. The number of hydrogen-bond acceptors (Lipinski definition) is 3. The number of carbonyl (C=O) groups is 1. The van der Waals surface area contributed by atoms with Crippen LogP contribution in [0.25, 0.3) is 0 Å². The maximum Gasteiger partial charge on any atom is 0.234 e. The summed E-state index contributed by atoms with van der Waals surface area (Å²) in [4.78, 5) is 14.5. The van der Waals surface area contributed by atoms with Gasteiger partial charge in [-0.15, -0.1) is 0 Å². The standard InChI is InChI=1S/C20H23FN2O2/c1-25-18-5-2-4-16(12-18)19-6-3-11-23(19)14-20(24)22-13-15-7-9-17(21)10-8-15/h2,4-5,7-10,12,19H,3,6,11,13-14H2,1H3,(H,22,24)/t19-/m0/s1. The predicted molar refractivity (Wildman–Crippen MR) is 94.8 cm³/mol. The molecule has 2 aromatic carbocycles. The average molecular weight is 342 g/mol. The number of nitrogens with one attached hydrogen (secondary N) is 1. The number of benzene rings is 2. The maximum atomic E-state index is 12.9. The fourth-order valence-electron chi connectivity index (χ4n) is 3.28. The van der Waals surface area contributed by atoms with Crippen LogP contribution in [0.5, 0.6) is 5.75 Å². The topological polar surface area (TPSA) is 41.6 Å². The molecule has 0 saturated carbocycles. The summed E-state index contributed by atoms with van der Waals surface area (Å²) < 4.78 is 18.2. The van der Waals surface area contributed by atoms with Gasteiger partial charge < -0.3 is 10.1 Å². The molecule has 1 atom stereocenters. The highest BCUT2D eigenvalue weighted by atomic mass is 19.1. The first kappa shape index (κ1) is 17.4. The molecule has 1 fully saturated rings. The minimum atomic E-state index is -0.270. The second-order valence-electron chi connectivity index (χ2n) is 6.31. The number of likely N-dealkylation sites (tertiary alicyclic amines) is 1. The highest BCUT2D eigenvalue weighted by Crippen LogP contribution is 2.32. The van der Waals surface area contributed by atoms with Crippen molar-refractivity contribution in [1.29, 1.82) is 0 Å². The molecule has 0 aromatic heterocycles. The largest absolute Gasteiger partial charge is 0.497 e. The Morgan fingerprint density at radius 3 is 2.84 bits per heavy atom. The second-order valence-corrected chi connectivity index (χ2v) is 6.31. The molecule has 132 valence electrons. The van der Waals surface area contributed by atoms with Crippen molar-refractivity contribution in [1.82, 2.24) is 10.2 Å². The number of nitrogens with zero attached hydrogens (tertiary/aromatic N) is 1. The van der Waals surface area contributed by atoms with Crippen molar-refractivity contribution in [3.8, 4) is 5.75 Å². The average Bonchev–Trinajstić information content (AvgIpc) is 3.09. The summed E-state index contributed by atoms with van der Waals surface area (Å²) in [5.74, 6) is 0.553. The Balaban J connectivity index is 1.57. The fraction of sp³-hybridized carbons (Fsp3) is 0.350. The Labute approximate surface area is 147 Å².